The van der Waals surface area contributed by atoms with Gasteiger partial charge in [-0.3, -0.25) is 14.9 Å². The van der Waals surface area contributed by atoms with E-state index < -0.39 is 5.91 Å². The third-order valence-electron chi connectivity index (χ3n) is 2.78. The van der Waals surface area contributed by atoms with Crippen molar-refractivity contribution in [3.8, 4) is 0 Å². The van der Waals surface area contributed by atoms with Crippen molar-refractivity contribution >= 4 is 17.5 Å². The lowest BCUT2D eigenvalue weighted by Gasteiger charge is -2.05. The number of nitrogens with one attached hydrogen (secondary N) is 1. The molecule has 19 heavy (non-hydrogen) atoms. The molecule has 2 rings (SSSR count). The van der Waals surface area contributed by atoms with Crippen molar-refractivity contribution in [3.63, 3.8) is 0 Å². The number of nitrogen functional groups attached to an aromatic ring is 1. The molecule has 0 unspecified atom stereocenters. The predicted molar refractivity (Wildman–Crippen MR) is 71.7 cm³/mol. The van der Waals surface area contributed by atoms with Gasteiger partial charge in [-0.25, -0.2) is 10.8 Å². The Kier molecular flexibility index (Phi) is 3.82. The Morgan fingerprint density at radius 2 is 2.21 bits per heavy atom. The number of hydrogen-bond acceptors (Lipinski definition) is 4. The van der Waals surface area contributed by atoms with E-state index in [2.05, 4.69) is 15.5 Å². The zero-order valence-corrected chi connectivity index (χ0v) is 11.4. The first-order valence-corrected chi connectivity index (χ1v) is 6.07. The van der Waals surface area contributed by atoms with Gasteiger partial charge >= 0.3 is 0 Å². The van der Waals surface area contributed by atoms with Crippen LogP contribution in [0, 0.1) is 13.8 Å². The van der Waals surface area contributed by atoms with Crippen LogP contribution in [0.3, 0.4) is 0 Å². The van der Waals surface area contributed by atoms with Crippen LogP contribution in [0.5, 0.6) is 0 Å². The molecule has 0 fully saturated rings. The van der Waals surface area contributed by atoms with E-state index in [0.29, 0.717) is 17.3 Å². The maximum Gasteiger partial charge on any atom is 0.283 e. The van der Waals surface area contributed by atoms with Crippen molar-refractivity contribution in [2.45, 2.75) is 20.4 Å². The van der Waals surface area contributed by atoms with E-state index in [0.717, 1.165) is 11.4 Å². The minimum atomic E-state index is -0.423. The number of amides is 1. The van der Waals surface area contributed by atoms with E-state index >= 15 is 0 Å². The van der Waals surface area contributed by atoms with Crippen molar-refractivity contribution in [1.29, 1.82) is 0 Å². The Labute approximate surface area is 115 Å². The molecule has 2 aromatic rings. The molecule has 0 radical (unpaired) electrons. The van der Waals surface area contributed by atoms with Gasteiger partial charge in [-0.2, -0.15) is 5.10 Å². The van der Waals surface area contributed by atoms with Gasteiger partial charge in [0.2, 0.25) is 0 Å². The predicted octanol–water partition coefficient (Wildman–Crippen LogP) is 1.20. The first-order chi connectivity index (χ1) is 9.02. The first kappa shape index (κ1) is 13.5. The summed E-state index contributed by atoms with van der Waals surface area (Å²) in [7, 11) is 0. The number of aryl methyl sites for hydroxylation is 1. The van der Waals surface area contributed by atoms with Gasteiger partial charge in [0.25, 0.3) is 5.91 Å². The van der Waals surface area contributed by atoms with E-state index in [1.165, 1.54) is 0 Å². The molecule has 0 atom stereocenters. The number of rotatable bonds is 3. The number of pyridine rings is 1. The summed E-state index contributed by atoms with van der Waals surface area (Å²) < 4.78 is 1.75. The second-order valence-corrected chi connectivity index (χ2v) is 4.51. The lowest BCUT2D eigenvalue weighted by molar-refractivity contribution is 0.0948. The average Bonchev–Trinajstić information content (AvgIpc) is 2.66. The number of hydrogen-bond donors (Lipinski definition) is 2. The molecule has 0 aliphatic carbocycles. The van der Waals surface area contributed by atoms with Crippen LogP contribution in [0.4, 0.5) is 0 Å². The fourth-order valence-electron chi connectivity index (χ4n) is 1.75. The Morgan fingerprint density at radius 3 is 2.79 bits per heavy atom. The number of halogens is 1. The fourth-order valence-corrected chi connectivity index (χ4v) is 1.89. The van der Waals surface area contributed by atoms with Crippen LogP contribution in [0.15, 0.2) is 18.2 Å². The van der Waals surface area contributed by atoms with Gasteiger partial charge in [-0.1, -0.05) is 17.7 Å². The molecular weight excluding hydrogens is 266 g/mol. The Hall–Kier alpha value is -1.92. The smallest absolute Gasteiger partial charge is 0.283 e. The number of nitrogens with zero attached hydrogens (tertiary/aromatic N) is 3. The monoisotopic (exact) mass is 279 g/mol. The summed E-state index contributed by atoms with van der Waals surface area (Å²) in [5.74, 6) is 4.66. The van der Waals surface area contributed by atoms with Gasteiger partial charge in [0, 0.05) is 0 Å². The van der Waals surface area contributed by atoms with Crippen molar-refractivity contribution in [3.05, 3.63) is 46.0 Å². The lowest BCUT2D eigenvalue weighted by Crippen LogP contribution is -2.30. The molecule has 2 aromatic heterocycles. The summed E-state index contributed by atoms with van der Waals surface area (Å²) in [5.41, 5.74) is 4.68. The standard InChI is InChI=1S/C12H14ClN5O/c1-7-11(13)8(2)18(17-7)6-9-4-3-5-10(15-9)12(19)16-14/h3-5H,6,14H2,1-2H3,(H,16,19). The van der Waals surface area contributed by atoms with Crippen LogP contribution >= 0.6 is 11.6 Å². The van der Waals surface area contributed by atoms with Crippen LogP contribution < -0.4 is 11.3 Å². The molecule has 7 heteroatoms. The van der Waals surface area contributed by atoms with Crippen LogP contribution in [0.25, 0.3) is 0 Å². The zero-order chi connectivity index (χ0) is 14.0. The highest BCUT2D eigenvalue weighted by Crippen LogP contribution is 2.19. The molecule has 2 heterocycles. The minimum Gasteiger partial charge on any atom is -0.289 e. The number of carbonyl (C=O) groups excluding carboxylic acids is 1. The third kappa shape index (κ3) is 2.74. The summed E-state index contributed by atoms with van der Waals surface area (Å²) in [6.45, 7) is 4.18. The van der Waals surface area contributed by atoms with E-state index in [4.69, 9.17) is 17.4 Å². The highest BCUT2D eigenvalue weighted by atomic mass is 35.5. The van der Waals surface area contributed by atoms with Gasteiger partial charge in [0.05, 0.1) is 28.6 Å². The number of hydrazine groups is 1. The number of nitrogens with two attached hydrogens (primary N) is 1. The van der Waals surface area contributed by atoms with Crippen molar-refractivity contribution in [2.24, 2.45) is 5.84 Å². The number of aromatic nitrogens is 3. The Bertz CT molecular complexity index is 623. The van der Waals surface area contributed by atoms with Gasteiger partial charge in [0.15, 0.2) is 0 Å². The van der Waals surface area contributed by atoms with Crippen LogP contribution in [-0.2, 0) is 6.54 Å². The van der Waals surface area contributed by atoms with Crippen molar-refractivity contribution < 1.29 is 4.79 Å². The molecule has 0 aliphatic rings. The van der Waals surface area contributed by atoms with E-state index in [1.54, 1.807) is 16.8 Å². The van der Waals surface area contributed by atoms with Crippen LogP contribution in [0.1, 0.15) is 27.6 Å². The molecule has 100 valence electrons. The molecule has 0 saturated carbocycles. The molecule has 0 bridgehead atoms. The summed E-state index contributed by atoms with van der Waals surface area (Å²) in [6, 6.07) is 5.16. The molecule has 0 aromatic carbocycles. The van der Waals surface area contributed by atoms with Gasteiger partial charge in [0.1, 0.15) is 5.69 Å². The normalized spacial score (nSPS) is 10.5. The van der Waals surface area contributed by atoms with Crippen molar-refractivity contribution in [1.82, 2.24) is 20.2 Å². The summed E-state index contributed by atoms with van der Waals surface area (Å²) in [6.07, 6.45) is 0. The van der Waals surface area contributed by atoms with E-state index in [-0.39, 0.29) is 5.69 Å². The molecular formula is C12H14ClN5O. The Balaban J connectivity index is 2.28. The van der Waals surface area contributed by atoms with Crippen LogP contribution in [-0.4, -0.2) is 20.7 Å². The fraction of sp³-hybridized carbons (Fsp3) is 0.250. The highest BCUT2D eigenvalue weighted by Gasteiger charge is 2.11. The largest absolute Gasteiger partial charge is 0.289 e. The Morgan fingerprint density at radius 1 is 1.47 bits per heavy atom. The number of carbonyl (C=O) groups is 1. The molecule has 1 amide bonds. The molecule has 0 spiro atoms. The SMILES string of the molecule is Cc1nn(Cc2cccc(C(=O)NN)n2)c(C)c1Cl. The molecule has 3 N–H and O–H groups in total. The van der Waals surface area contributed by atoms with Crippen molar-refractivity contribution in [2.75, 3.05) is 0 Å². The maximum atomic E-state index is 11.4. The lowest BCUT2D eigenvalue weighted by atomic mass is 10.3. The van der Waals surface area contributed by atoms with Crippen LogP contribution in [0.2, 0.25) is 5.02 Å². The molecule has 0 aliphatic heterocycles. The minimum absolute atomic E-state index is 0.271. The highest BCUT2D eigenvalue weighted by molar-refractivity contribution is 6.31. The van der Waals surface area contributed by atoms with Gasteiger partial charge in [-0.05, 0) is 26.0 Å². The molecule has 0 saturated heterocycles. The van der Waals surface area contributed by atoms with E-state index in [9.17, 15) is 4.79 Å². The molecule has 6 nitrogen and oxygen atoms in total. The average molecular weight is 280 g/mol. The first-order valence-electron chi connectivity index (χ1n) is 5.69. The van der Waals surface area contributed by atoms with Gasteiger partial charge in [-0.15, -0.1) is 0 Å². The topological polar surface area (TPSA) is 85.8 Å². The van der Waals surface area contributed by atoms with Gasteiger partial charge < -0.3 is 0 Å². The summed E-state index contributed by atoms with van der Waals surface area (Å²) in [4.78, 5) is 15.6. The summed E-state index contributed by atoms with van der Waals surface area (Å²) in [5, 5.41) is 4.97. The second kappa shape index (κ2) is 5.38. The summed E-state index contributed by atoms with van der Waals surface area (Å²) >= 11 is 6.08. The quantitative estimate of drug-likeness (QED) is 0.502. The van der Waals surface area contributed by atoms with E-state index in [1.807, 2.05) is 19.9 Å². The zero-order valence-electron chi connectivity index (χ0n) is 10.6. The maximum absolute atomic E-state index is 11.4. The third-order valence-corrected chi connectivity index (χ3v) is 3.32. The second-order valence-electron chi connectivity index (χ2n) is 4.13.